The predicted octanol–water partition coefficient (Wildman–Crippen LogP) is 4.62. The molecule has 7 nitrogen and oxygen atoms in total. The van der Waals surface area contributed by atoms with Gasteiger partial charge in [0.2, 0.25) is 0 Å². The van der Waals surface area contributed by atoms with E-state index in [1.165, 1.54) is 0 Å². The van der Waals surface area contributed by atoms with Crippen LogP contribution in [0.4, 0.5) is 0 Å². The fourth-order valence-electron chi connectivity index (χ4n) is 4.13. The summed E-state index contributed by atoms with van der Waals surface area (Å²) in [4.78, 5) is 30.3. The molecule has 0 amide bonds. The molecule has 0 spiro atoms. The minimum atomic E-state index is -0.625. The van der Waals surface area contributed by atoms with Gasteiger partial charge in [-0.25, -0.2) is 9.78 Å². The van der Waals surface area contributed by atoms with Crippen molar-refractivity contribution in [3.05, 3.63) is 81.9 Å². The van der Waals surface area contributed by atoms with Gasteiger partial charge in [-0.05, 0) is 38.0 Å². The molecule has 192 valence electrons. The normalized spacial score (nSPS) is 11.8. The quantitative estimate of drug-likeness (QED) is 0.324. The smallest absolute Gasteiger partial charge is 0.335 e. The summed E-state index contributed by atoms with van der Waals surface area (Å²) in [6, 6.07) is 17.4. The Morgan fingerprint density at radius 2 is 1.67 bits per heavy atom. The van der Waals surface area contributed by atoms with Crippen molar-refractivity contribution in [3.8, 4) is 17.0 Å². The Balaban J connectivity index is 1.69. The number of aryl methyl sites for hydroxylation is 1. The summed E-state index contributed by atoms with van der Waals surface area (Å²) in [6.45, 7) is 9.13. The molecular formula is C29H36N2O5. The Kier molecular flexibility index (Phi) is 10.2. The lowest BCUT2D eigenvalue weighted by Crippen LogP contribution is -2.31. The van der Waals surface area contributed by atoms with E-state index in [1.54, 1.807) is 11.5 Å². The van der Waals surface area contributed by atoms with Crippen molar-refractivity contribution < 1.29 is 19.0 Å². The van der Waals surface area contributed by atoms with Gasteiger partial charge in [0, 0.05) is 30.6 Å². The van der Waals surface area contributed by atoms with Crippen LogP contribution in [0.15, 0.2) is 59.4 Å². The van der Waals surface area contributed by atoms with Crippen LogP contribution >= 0.6 is 0 Å². The topological polar surface area (TPSA) is 79.7 Å². The number of hydrogen-bond donors (Lipinski definition) is 0. The van der Waals surface area contributed by atoms with Crippen LogP contribution in [0.1, 0.15) is 44.6 Å². The Hall–Kier alpha value is -3.45. The highest BCUT2D eigenvalue weighted by molar-refractivity contribution is 5.75. The third-order valence-electron chi connectivity index (χ3n) is 5.90. The number of carbonyl (C=O) groups excluding carboxylic acids is 1. The first-order valence-corrected chi connectivity index (χ1v) is 12.7. The number of ether oxygens (including phenoxy) is 3. The molecule has 3 aromatic rings. The van der Waals surface area contributed by atoms with Crippen LogP contribution < -0.4 is 10.3 Å². The molecule has 1 aromatic heterocycles. The summed E-state index contributed by atoms with van der Waals surface area (Å²) in [5, 5.41) is 0. The standard InChI is InChI=1S/C29H36N2O5/c1-5-24-27(22-12-10-9-11-13-22)30-26(6-2)31(28(24)32)18-19-36-23-16-14-21(15-17-23)20-25(34-7-3)29(33)35-8-4/h9-17,25H,5-8,18-20H2,1-4H3. The highest BCUT2D eigenvalue weighted by Gasteiger charge is 2.20. The lowest BCUT2D eigenvalue weighted by atomic mass is 10.0. The maximum Gasteiger partial charge on any atom is 0.335 e. The van der Waals surface area contributed by atoms with Gasteiger partial charge in [-0.3, -0.25) is 9.36 Å². The van der Waals surface area contributed by atoms with Gasteiger partial charge in [0.1, 0.15) is 18.2 Å². The van der Waals surface area contributed by atoms with Crippen LogP contribution in [0.5, 0.6) is 5.75 Å². The van der Waals surface area contributed by atoms with E-state index in [9.17, 15) is 9.59 Å². The molecule has 0 aliphatic carbocycles. The van der Waals surface area contributed by atoms with Crippen LogP contribution in [0, 0.1) is 0 Å². The molecule has 0 saturated carbocycles. The molecule has 0 aliphatic rings. The van der Waals surface area contributed by atoms with Gasteiger partial charge in [0.05, 0.1) is 18.8 Å². The number of esters is 1. The number of rotatable bonds is 13. The van der Waals surface area contributed by atoms with E-state index in [4.69, 9.17) is 19.2 Å². The Bertz CT molecular complexity index is 1170. The lowest BCUT2D eigenvalue weighted by molar-refractivity contribution is -0.156. The molecule has 0 radical (unpaired) electrons. The van der Waals surface area contributed by atoms with Crippen molar-refractivity contribution in [1.29, 1.82) is 0 Å². The number of hydrogen-bond acceptors (Lipinski definition) is 6. The highest BCUT2D eigenvalue weighted by Crippen LogP contribution is 2.21. The van der Waals surface area contributed by atoms with Gasteiger partial charge in [-0.2, -0.15) is 0 Å². The van der Waals surface area contributed by atoms with Crippen molar-refractivity contribution >= 4 is 5.97 Å². The summed E-state index contributed by atoms with van der Waals surface area (Å²) in [6.07, 6.45) is 1.06. The fraction of sp³-hybridized carbons (Fsp3) is 0.414. The first kappa shape index (κ1) is 27.1. The molecule has 3 rings (SSSR count). The van der Waals surface area contributed by atoms with Crippen molar-refractivity contribution in [2.75, 3.05) is 19.8 Å². The molecule has 1 heterocycles. The van der Waals surface area contributed by atoms with Gasteiger partial charge in [0.15, 0.2) is 6.10 Å². The second-order valence-corrected chi connectivity index (χ2v) is 8.28. The van der Waals surface area contributed by atoms with Gasteiger partial charge in [-0.1, -0.05) is 56.3 Å². The van der Waals surface area contributed by atoms with E-state index >= 15 is 0 Å². The van der Waals surface area contributed by atoms with E-state index < -0.39 is 6.10 Å². The van der Waals surface area contributed by atoms with E-state index in [1.807, 2.05) is 75.4 Å². The largest absolute Gasteiger partial charge is 0.492 e. The highest BCUT2D eigenvalue weighted by atomic mass is 16.6. The van der Waals surface area contributed by atoms with Crippen molar-refractivity contribution in [1.82, 2.24) is 9.55 Å². The summed E-state index contributed by atoms with van der Waals surface area (Å²) >= 11 is 0. The van der Waals surface area contributed by atoms with E-state index in [2.05, 4.69) is 0 Å². The third-order valence-corrected chi connectivity index (χ3v) is 5.90. The minimum Gasteiger partial charge on any atom is -0.492 e. The van der Waals surface area contributed by atoms with Crippen molar-refractivity contribution in [2.24, 2.45) is 0 Å². The molecule has 2 aromatic carbocycles. The van der Waals surface area contributed by atoms with Crippen LogP contribution in [0.3, 0.4) is 0 Å². The first-order valence-electron chi connectivity index (χ1n) is 12.7. The van der Waals surface area contributed by atoms with E-state index in [0.717, 1.165) is 22.6 Å². The summed E-state index contributed by atoms with van der Waals surface area (Å²) in [7, 11) is 0. The Morgan fingerprint density at radius 1 is 0.944 bits per heavy atom. The maximum absolute atomic E-state index is 13.3. The molecule has 1 atom stereocenters. The molecule has 1 unspecified atom stereocenters. The van der Waals surface area contributed by atoms with Crippen LogP contribution in [-0.2, 0) is 40.1 Å². The first-order chi connectivity index (χ1) is 17.5. The molecule has 0 aliphatic heterocycles. The second kappa shape index (κ2) is 13.6. The van der Waals surface area contributed by atoms with E-state index in [0.29, 0.717) is 56.9 Å². The monoisotopic (exact) mass is 492 g/mol. The maximum atomic E-state index is 13.3. The van der Waals surface area contributed by atoms with Gasteiger partial charge in [-0.15, -0.1) is 0 Å². The number of benzene rings is 2. The van der Waals surface area contributed by atoms with Gasteiger partial charge >= 0.3 is 5.97 Å². The fourth-order valence-corrected chi connectivity index (χ4v) is 4.13. The zero-order chi connectivity index (χ0) is 25.9. The van der Waals surface area contributed by atoms with Gasteiger partial charge < -0.3 is 14.2 Å². The molecule has 0 saturated heterocycles. The minimum absolute atomic E-state index is 0.0110. The number of aromatic nitrogens is 2. The van der Waals surface area contributed by atoms with Crippen LogP contribution in [0.2, 0.25) is 0 Å². The lowest BCUT2D eigenvalue weighted by Gasteiger charge is -2.17. The number of carbonyl (C=O) groups is 1. The second-order valence-electron chi connectivity index (χ2n) is 8.28. The van der Waals surface area contributed by atoms with Crippen molar-refractivity contribution in [2.45, 2.75) is 59.6 Å². The van der Waals surface area contributed by atoms with Crippen LogP contribution in [-0.4, -0.2) is 41.4 Å². The molecule has 36 heavy (non-hydrogen) atoms. The van der Waals surface area contributed by atoms with Gasteiger partial charge in [0.25, 0.3) is 5.56 Å². The summed E-state index contributed by atoms with van der Waals surface area (Å²) < 4.78 is 18.3. The van der Waals surface area contributed by atoms with E-state index in [-0.39, 0.29) is 11.5 Å². The molecule has 0 fully saturated rings. The third kappa shape index (κ3) is 6.82. The Labute approximate surface area is 213 Å². The predicted molar refractivity (Wildman–Crippen MR) is 140 cm³/mol. The van der Waals surface area contributed by atoms with Crippen molar-refractivity contribution in [3.63, 3.8) is 0 Å². The zero-order valence-electron chi connectivity index (χ0n) is 21.7. The Morgan fingerprint density at radius 3 is 2.28 bits per heavy atom. The molecule has 7 heteroatoms. The summed E-state index contributed by atoms with van der Waals surface area (Å²) in [5.74, 6) is 1.09. The summed E-state index contributed by atoms with van der Waals surface area (Å²) in [5.41, 5.74) is 3.38. The molecule has 0 N–H and O–H groups in total. The molecule has 0 bridgehead atoms. The average Bonchev–Trinajstić information content (AvgIpc) is 2.90. The number of nitrogens with zero attached hydrogens (tertiary/aromatic N) is 2. The average molecular weight is 493 g/mol. The van der Waals surface area contributed by atoms with Crippen LogP contribution in [0.25, 0.3) is 11.3 Å². The zero-order valence-corrected chi connectivity index (χ0v) is 21.7. The SMILES string of the molecule is CCOC(=O)C(Cc1ccc(OCCn2c(CC)nc(-c3ccccc3)c(CC)c2=O)cc1)OCC. The molecular weight excluding hydrogens is 456 g/mol.